The monoisotopic (exact) mass is 532 g/mol. The molecule has 0 aliphatic carbocycles. The first-order chi connectivity index (χ1) is 15.7. The Morgan fingerprint density at radius 1 is 1.15 bits per heavy atom. The second-order valence-corrected chi connectivity index (χ2v) is 9.11. The van der Waals surface area contributed by atoms with E-state index in [2.05, 4.69) is 21.2 Å². The Labute approximate surface area is 202 Å². The molecule has 172 valence electrons. The number of nitro groups is 1. The van der Waals surface area contributed by atoms with Crippen molar-refractivity contribution < 1.29 is 24.0 Å². The number of amides is 1. The smallest absolute Gasteiger partial charge is 0.341 e. The van der Waals surface area contributed by atoms with Crippen LogP contribution in [-0.2, 0) is 9.53 Å². The highest BCUT2D eigenvalue weighted by atomic mass is 79.9. The zero-order valence-corrected chi connectivity index (χ0v) is 20.5. The summed E-state index contributed by atoms with van der Waals surface area (Å²) in [5.41, 5.74) is 2.37. The first-order valence-electron chi connectivity index (χ1n) is 9.95. The molecule has 1 aromatic heterocycles. The summed E-state index contributed by atoms with van der Waals surface area (Å²) in [6, 6.07) is 11.4. The standard InChI is InChI=1S/C23H21BrN2O6S/c1-4-31-23(28)21-20(15-6-8-16(9-7-15)26(29)30)14(3)33-22(21)25-19(27)12-32-18-10-5-13(2)11-17(18)24/h5-11H,4,12H2,1-3H3,(H,25,27). The molecule has 0 aliphatic heterocycles. The lowest BCUT2D eigenvalue weighted by molar-refractivity contribution is -0.384. The van der Waals surface area contributed by atoms with E-state index in [9.17, 15) is 19.7 Å². The summed E-state index contributed by atoms with van der Waals surface area (Å²) < 4.78 is 11.5. The molecule has 3 rings (SSSR count). The normalized spacial score (nSPS) is 10.5. The third-order valence-corrected chi connectivity index (χ3v) is 6.27. The maximum Gasteiger partial charge on any atom is 0.341 e. The molecule has 10 heteroatoms. The maximum absolute atomic E-state index is 12.8. The highest BCUT2D eigenvalue weighted by molar-refractivity contribution is 9.10. The Bertz CT molecular complexity index is 1210. The van der Waals surface area contributed by atoms with E-state index in [-0.39, 0.29) is 24.5 Å². The Balaban J connectivity index is 1.88. The molecule has 1 N–H and O–H groups in total. The fourth-order valence-corrected chi connectivity index (χ4v) is 4.85. The lowest BCUT2D eigenvalue weighted by Gasteiger charge is -2.11. The fourth-order valence-electron chi connectivity index (χ4n) is 3.16. The van der Waals surface area contributed by atoms with E-state index >= 15 is 0 Å². The van der Waals surface area contributed by atoms with Gasteiger partial charge in [0.25, 0.3) is 11.6 Å². The van der Waals surface area contributed by atoms with Crippen LogP contribution in [0.3, 0.4) is 0 Å². The Morgan fingerprint density at radius 3 is 2.45 bits per heavy atom. The number of aryl methyl sites for hydroxylation is 2. The van der Waals surface area contributed by atoms with E-state index < -0.39 is 16.8 Å². The Hall–Kier alpha value is -3.24. The molecule has 1 amide bonds. The predicted octanol–water partition coefficient (Wildman–Crippen LogP) is 5.90. The molecule has 8 nitrogen and oxygen atoms in total. The predicted molar refractivity (Wildman–Crippen MR) is 130 cm³/mol. The second kappa shape index (κ2) is 10.6. The van der Waals surface area contributed by atoms with Gasteiger partial charge in [-0.25, -0.2) is 4.79 Å². The molecular formula is C23H21BrN2O6S. The van der Waals surface area contributed by atoms with Gasteiger partial charge >= 0.3 is 5.97 Å². The molecule has 33 heavy (non-hydrogen) atoms. The van der Waals surface area contributed by atoms with Crippen LogP contribution in [0.15, 0.2) is 46.9 Å². The van der Waals surface area contributed by atoms with Gasteiger partial charge < -0.3 is 14.8 Å². The number of anilines is 1. The fraction of sp³-hybridized carbons (Fsp3) is 0.217. The number of thiophene rings is 1. The number of nitro benzene ring substituents is 1. The molecule has 0 bridgehead atoms. The van der Waals surface area contributed by atoms with Gasteiger partial charge in [-0.2, -0.15) is 0 Å². The van der Waals surface area contributed by atoms with Crippen molar-refractivity contribution in [2.45, 2.75) is 20.8 Å². The van der Waals surface area contributed by atoms with Crippen LogP contribution in [0.1, 0.15) is 27.7 Å². The van der Waals surface area contributed by atoms with Gasteiger partial charge in [0.15, 0.2) is 6.61 Å². The summed E-state index contributed by atoms with van der Waals surface area (Å²) >= 11 is 4.63. The van der Waals surface area contributed by atoms with Gasteiger partial charge in [-0.15, -0.1) is 11.3 Å². The molecule has 0 fully saturated rings. The van der Waals surface area contributed by atoms with Crippen LogP contribution in [0.5, 0.6) is 5.75 Å². The van der Waals surface area contributed by atoms with E-state index in [4.69, 9.17) is 9.47 Å². The maximum atomic E-state index is 12.8. The number of non-ortho nitro benzene ring substituents is 1. The van der Waals surface area contributed by atoms with Crippen LogP contribution in [0.4, 0.5) is 10.7 Å². The summed E-state index contributed by atoms with van der Waals surface area (Å²) in [5.74, 6) is -0.507. The quantitative estimate of drug-likeness (QED) is 0.220. The average molecular weight is 533 g/mol. The molecule has 0 saturated carbocycles. The minimum absolute atomic E-state index is 0.0581. The van der Waals surface area contributed by atoms with E-state index in [1.807, 2.05) is 19.1 Å². The van der Waals surface area contributed by atoms with Gasteiger partial charge in [0, 0.05) is 22.6 Å². The molecule has 0 spiro atoms. The van der Waals surface area contributed by atoms with Crippen molar-refractivity contribution in [2.75, 3.05) is 18.5 Å². The topological polar surface area (TPSA) is 108 Å². The minimum Gasteiger partial charge on any atom is -0.483 e. The second-order valence-electron chi connectivity index (χ2n) is 7.03. The van der Waals surface area contributed by atoms with Crippen molar-refractivity contribution in [1.29, 1.82) is 0 Å². The van der Waals surface area contributed by atoms with E-state index in [1.165, 1.54) is 23.5 Å². The molecule has 0 saturated heterocycles. The van der Waals surface area contributed by atoms with Gasteiger partial charge in [-0.3, -0.25) is 14.9 Å². The van der Waals surface area contributed by atoms with Crippen LogP contribution in [0.25, 0.3) is 11.1 Å². The van der Waals surface area contributed by atoms with Crippen molar-refractivity contribution in [3.8, 4) is 16.9 Å². The van der Waals surface area contributed by atoms with Crippen molar-refractivity contribution >= 4 is 49.8 Å². The number of ether oxygens (including phenoxy) is 2. The third kappa shape index (κ3) is 5.77. The van der Waals surface area contributed by atoms with Crippen LogP contribution in [0, 0.1) is 24.0 Å². The number of hydrogen-bond acceptors (Lipinski definition) is 7. The lowest BCUT2D eigenvalue weighted by atomic mass is 10.0. The summed E-state index contributed by atoms with van der Waals surface area (Å²) in [6.07, 6.45) is 0. The molecule has 1 heterocycles. The molecule has 0 unspecified atom stereocenters. The lowest BCUT2D eigenvalue weighted by Crippen LogP contribution is -2.21. The molecule has 2 aromatic carbocycles. The first kappa shape index (κ1) is 24.4. The van der Waals surface area contributed by atoms with E-state index in [1.54, 1.807) is 32.0 Å². The SMILES string of the molecule is CCOC(=O)c1c(NC(=O)COc2ccc(C)cc2Br)sc(C)c1-c1ccc([N+](=O)[O-])cc1. The number of esters is 1. The third-order valence-electron chi connectivity index (χ3n) is 4.63. The van der Waals surface area contributed by atoms with Gasteiger partial charge in [-0.1, -0.05) is 6.07 Å². The highest BCUT2D eigenvalue weighted by Crippen LogP contribution is 2.41. The zero-order valence-electron chi connectivity index (χ0n) is 18.1. The minimum atomic E-state index is -0.590. The number of benzene rings is 2. The van der Waals surface area contributed by atoms with Gasteiger partial charge in [0.05, 0.1) is 16.0 Å². The number of carbonyl (C=O) groups is 2. The van der Waals surface area contributed by atoms with Crippen molar-refractivity contribution in [3.63, 3.8) is 0 Å². The molecule has 0 radical (unpaired) electrons. The summed E-state index contributed by atoms with van der Waals surface area (Å²) in [6.45, 7) is 5.34. The van der Waals surface area contributed by atoms with Crippen LogP contribution < -0.4 is 10.1 Å². The van der Waals surface area contributed by atoms with E-state index in [0.29, 0.717) is 21.9 Å². The number of hydrogen-bond donors (Lipinski definition) is 1. The largest absolute Gasteiger partial charge is 0.483 e. The Kier molecular flexibility index (Phi) is 7.83. The number of rotatable bonds is 8. The van der Waals surface area contributed by atoms with Crippen molar-refractivity contribution in [2.24, 2.45) is 0 Å². The Morgan fingerprint density at radius 2 is 1.85 bits per heavy atom. The van der Waals surface area contributed by atoms with Gasteiger partial charge in [0.2, 0.25) is 0 Å². The number of halogens is 1. The van der Waals surface area contributed by atoms with Gasteiger partial charge in [-0.05, 0) is 72.1 Å². The van der Waals surface area contributed by atoms with Crippen LogP contribution in [0.2, 0.25) is 0 Å². The van der Waals surface area contributed by atoms with Crippen molar-refractivity contribution in [3.05, 3.63) is 73.1 Å². The number of nitrogens with one attached hydrogen (secondary N) is 1. The van der Waals surface area contributed by atoms with Crippen LogP contribution in [-0.4, -0.2) is 30.0 Å². The number of nitrogens with zero attached hydrogens (tertiary/aromatic N) is 1. The summed E-state index contributed by atoms with van der Waals surface area (Å²) in [4.78, 5) is 36.6. The van der Waals surface area contributed by atoms with Gasteiger partial charge in [0.1, 0.15) is 16.3 Å². The van der Waals surface area contributed by atoms with E-state index in [0.717, 1.165) is 14.9 Å². The molecular weight excluding hydrogens is 512 g/mol. The molecule has 0 atom stereocenters. The van der Waals surface area contributed by atoms with Crippen LogP contribution >= 0.6 is 27.3 Å². The number of carbonyl (C=O) groups excluding carboxylic acids is 2. The summed E-state index contributed by atoms with van der Waals surface area (Å²) in [7, 11) is 0. The average Bonchev–Trinajstić information content (AvgIpc) is 3.08. The molecule has 0 aliphatic rings. The molecule has 3 aromatic rings. The zero-order chi connectivity index (χ0) is 24.1. The summed E-state index contributed by atoms with van der Waals surface area (Å²) in [5, 5.41) is 14.0. The first-order valence-corrected chi connectivity index (χ1v) is 11.6. The van der Waals surface area contributed by atoms with Crippen molar-refractivity contribution in [1.82, 2.24) is 0 Å². The highest BCUT2D eigenvalue weighted by Gasteiger charge is 2.26.